The number of nitrogens with zero attached hydrogens (tertiary/aromatic N) is 4. The number of aryl methyl sites for hydroxylation is 1. The molecule has 1 aromatic heterocycles. The molecule has 27 heavy (non-hydrogen) atoms. The van der Waals surface area contributed by atoms with E-state index in [1.165, 1.54) is 5.56 Å². The molecule has 0 bridgehead atoms. The van der Waals surface area contributed by atoms with Crippen LogP contribution in [0.5, 0.6) is 0 Å². The smallest absolute Gasteiger partial charge is 0.238 e. The van der Waals surface area contributed by atoms with Gasteiger partial charge >= 0.3 is 0 Å². The SMILES string of the molecule is Cc1ccccc1SCC(=O)N1CCCN(C)c2nc3ccccc3nc21. The van der Waals surface area contributed by atoms with E-state index in [0.29, 0.717) is 18.1 Å². The van der Waals surface area contributed by atoms with Crippen LogP contribution in [0.4, 0.5) is 11.6 Å². The van der Waals surface area contributed by atoms with Crippen LogP contribution in [0.1, 0.15) is 12.0 Å². The Kier molecular flexibility index (Phi) is 4.99. The highest BCUT2D eigenvalue weighted by atomic mass is 32.2. The molecule has 4 rings (SSSR count). The highest BCUT2D eigenvalue weighted by molar-refractivity contribution is 8.00. The Labute approximate surface area is 163 Å². The molecule has 2 aromatic carbocycles. The summed E-state index contributed by atoms with van der Waals surface area (Å²) in [4.78, 5) is 27.7. The third-order valence-corrected chi connectivity index (χ3v) is 5.93. The van der Waals surface area contributed by atoms with E-state index in [0.717, 1.165) is 34.7 Å². The summed E-state index contributed by atoms with van der Waals surface area (Å²) in [7, 11) is 2.01. The van der Waals surface area contributed by atoms with Crippen molar-refractivity contribution in [2.75, 3.05) is 35.7 Å². The van der Waals surface area contributed by atoms with Gasteiger partial charge in [0, 0.05) is 25.0 Å². The minimum Gasteiger partial charge on any atom is -0.357 e. The molecule has 1 amide bonds. The van der Waals surface area contributed by atoms with Gasteiger partial charge in [0.25, 0.3) is 0 Å². The molecule has 0 saturated carbocycles. The lowest BCUT2D eigenvalue weighted by atomic mass is 10.2. The number of hydrogen-bond donors (Lipinski definition) is 0. The van der Waals surface area contributed by atoms with E-state index in [1.807, 2.05) is 48.3 Å². The fraction of sp³-hybridized carbons (Fsp3) is 0.286. The maximum atomic E-state index is 13.1. The number of hydrogen-bond acceptors (Lipinski definition) is 5. The van der Waals surface area contributed by atoms with Crippen LogP contribution in [0, 0.1) is 6.92 Å². The van der Waals surface area contributed by atoms with Crippen LogP contribution in [-0.2, 0) is 4.79 Å². The molecule has 2 heterocycles. The highest BCUT2D eigenvalue weighted by Crippen LogP contribution is 2.31. The molecule has 0 aliphatic carbocycles. The molecule has 0 N–H and O–H groups in total. The van der Waals surface area contributed by atoms with Crippen molar-refractivity contribution < 1.29 is 4.79 Å². The maximum Gasteiger partial charge on any atom is 0.238 e. The van der Waals surface area contributed by atoms with E-state index in [1.54, 1.807) is 11.8 Å². The number of aromatic nitrogens is 2. The molecule has 1 aliphatic rings. The van der Waals surface area contributed by atoms with E-state index in [-0.39, 0.29) is 5.91 Å². The molecule has 0 spiro atoms. The first-order chi connectivity index (χ1) is 13.1. The van der Waals surface area contributed by atoms with E-state index in [4.69, 9.17) is 9.97 Å². The Morgan fingerprint density at radius 1 is 1.00 bits per heavy atom. The van der Waals surface area contributed by atoms with Gasteiger partial charge in [0.1, 0.15) is 0 Å². The van der Waals surface area contributed by atoms with E-state index in [9.17, 15) is 4.79 Å². The van der Waals surface area contributed by atoms with Crippen molar-refractivity contribution in [3.8, 4) is 0 Å². The number of carbonyl (C=O) groups excluding carboxylic acids is 1. The molecule has 3 aromatic rings. The molecule has 0 atom stereocenters. The minimum absolute atomic E-state index is 0.0735. The average molecular weight is 379 g/mol. The van der Waals surface area contributed by atoms with Crippen molar-refractivity contribution in [1.29, 1.82) is 0 Å². The first-order valence-electron chi connectivity index (χ1n) is 9.10. The molecule has 0 saturated heterocycles. The molecule has 0 radical (unpaired) electrons. The van der Waals surface area contributed by atoms with Crippen molar-refractivity contribution in [2.24, 2.45) is 0 Å². The van der Waals surface area contributed by atoms with Gasteiger partial charge in [-0.25, -0.2) is 9.97 Å². The third kappa shape index (κ3) is 3.62. The first-order valence-corrected chi connectivity index (χ1v) is 10.1. The Bertz CT molecular complexity index is 991. The molecule has 138 valence electrons. The van der Waals surface area contributed by atoms with Crippen LogP contribution in [0.3, 0.4) is 0 Å². The number of anilines is 2. The summed E-state index contributed by atoms with van der Waals surface area (Å²) in [6.45, 7) is 3.59. The standard InChI is InChI=1S/C21H22N4OS/c1-15-8-3-6-11-18(15)27-14-19(26)25-13-7-12-24(2)20-21(25)23-17-10-5-4-9-16(17)22-20/h3-6,8-11H,7,12-14H2,1-2H3. The second-order valence-corrected chi connectivity index (χ2v) is 7.75. The fourth-order valence-electron chi connectivity index (χ4n) is 3.27. The van der Waals surface area contributed by atoms with Crippen molar-refractivity contribution in [2.45, 2.75) is 18.2 Å². The molecule has 0 unspecified atom stereocenters. The van der Waals surface area contributed by atoms with Crippen LogP contribution < -0.4 is 9.80 Å². The van der Waals surface area contributed by atoms with Gasteiger partial charge < -0.3 is 4.90 Å². The van der Waals surface area contributed by atoms with Crippen LogP contribution in [0.25, 0.3) is 11.0 Å². The lowest BCUT2D eigenvalue weighted by Crippen LogP contribution is -2.33. The Morgan fingerprint density at radius 2 is 1.67 bits per heavy atom. The average Bonchev–Trinajstić information content (AvgIpc) is 2.84. The van der Waals surface area contributed by atoms with Gasteiger partial charge in [-0.3, -0.25) is 9.69 Å². The zero-order valence-corrected chi connectivity index (χ0v) is 16.4. The number of thioether (sulfide) groups is 1. The van der Waals surface area contributed by atoms with Crippen molar-refractivity contribution in [3.63, 3.8) is 0 Å². The highest BCUT2D eigenvalue weighted by Gasteiger charge is 2.26. The summed E-state index contributed by atoms with van der Waals surface area (Å²) in [5.41, 5.74) is 2.86. The first kappa shape index (κ1) is 17.8. The van der Waals surface area contributed by atoms with Gasteiger partial charge in [-0.1, -0.05) is 30.3 Å². The Balaban J connectivity index is 1.64. The molecule has 6 heteroatoms. The molecule has 5 nitrogen and oxygen atoms in total. The van der Waals surface area contributed by atoms with Gasteiger partial charge in [-0.15, -0.1) is 11.8 Å². The van der Waals surface area contributed by atoms with Gasteiger partial charge in [-0.05, 0) is 37.1 Å². The number of carbonyl (C=O) groups is 1. The van der Waals surface area contributed by atoms with Crippen LogP contribution in [0.15, 0.2) is 53.4 Å². The zero-order chi connectivity index (χ0) is 18.8. The lowest BCUT2D eigenvalue weighted by Gasteiger charge is -2.22. The largest absolute Gasteiger partial charge is 0.357 e. The van der Waals surface area contributed by atoms with Crippen molar-refractivity contribution >= 4 is 40.3 Å². The van der Waals surface area contributed by atoms with Gasteiger partial charge in [0.05, 0.1) is 16.8 Å². The second-order valence-electron chi connectivity index (χ2n) is 6.73. The molecular weight excluding hydrogens is 356 g/mol. The summed E-state index contributed by atoms with van der Waals surface area (Å²) in [6, 6.07) is 16.0. The number of amides is 1. The Hall–Kier alpha value is -2.60. The molecule has 1 aliphatic heterocycles. The minimum atomic E-state index is 0.0735. The summed E-state index contributed by atoms with van der Waals surface area (Å²) >= 11 is 1.58. The van der Waals surface area contributed by atoms with Crippen molar-refractivity contribution in [1.82, 2.24) is 9.97 Å². The second kappa shape index (κ2) is 7.56. The van der Waals surface area contributed by atoms with E-state index >= 15 is 0 Å². The number of para-hydroxylation sites is 2. The van der Waals surface area contributed by atoms with E-state index in [2.05, 4.69) is 24.0 Å². The van der Waals surface area contributed by atoms with Crippen LogP contribution in [0.2, 0.25) is 0 Å². The van der Waals surface area contributed by atoms with Gasteiger partial charge in [0.15, 0.2) is 11.6 Å². The predicted octanol–water partition coefficient (Wildman–Crippen LogP) is 3.90. The summed E-state index contributed by atoms with van der Waals surface area (Å²) in [5, 5.41) is 0. The predicted molar refractivity (Wildman–Crippen MR) is 112 cm³/mol. The molecule has 0 fully saturated rings. The molecular formula is C21H22N4OS. The quantitative estimate of drug-likeness (QED) is 0.647. The number of benzene rings is 2. The van der Waals surface area contributed by atoms with Crippen LogP contribution in [-0.4, -0.2) is 41.8 Å². The van der Waals surface area contributed by atoms with E-state index < -0.39 is 0 Å². The summed E-state index contributed by atoms with van der Waals surface area (Å²) in [5.74, 6) is 1.91. The van der Waals surface area contributed by atoms with Crippen molar-refractivity contribution in [3.05, 3.63) is 54.1 Å². The van der Waals surface area contributed by atoms with Gasteiger partial charge in [0.2, 0.25) is 5.91 Å². The lowest BCUT2D eigenvalue weighted by molar-refractivity contribution is -0.116. The van der Waals surface area contributed by atoms with Gasteiger partial charge in [-0.2, -0.15) is 0 Å². The fourth-order valence-corrected chi connectivity index (χ4v) is 4.18. The monoisotopic (exact) mass is 378 g/mol. The summed E-state index contributed by atoms with van der Waals surface area (Å²) < 4.78 is 0. The number of rotatable bonds is 3. The number of fused-ring (bicyclic) bond motifs is 2. The topological polar surface area (TPSA) is 49.3 Å². The third-order valence-electron chi connectivity index (χ3n) is 4.77. The zero-order valence-electron chi connectivity index (χ0n) is 15.6. The normalized spacial score (nSPS) is 14.1. The Morgan fingerprint density at radius 3 is 2.41 bits per heavy atom. The van der Waals surface area contributed by atoms with Crippen LogP contribution >= 0.6 is 11.8 Å². The maximum absolute atomic E-state index is 13.1. The summed E-state index contributed by atoms with van der Waals surface area (Å²) in [6.07, 6.45) is 0.895.